The van der Waals surface area contributed by atoms with E-state index in [1.807, 2.05) is 12.1 Å². The highest BCUT2D eigenvalue weighted by Gasteiger charge is 2.41. The number of rotatable bonds is 8. The second-order valence-corrected chi connectivity index (χ2v) is 20.7. The van der Waals surface area contributed by atoms with Crippen LogP contribution in [0, 0.1) is 0 Å². The maximum absolute atomic E-state index is 6.47. The molecular weight excluding hydrogens is 793 g/mol. The summed E-state index contributed by atoms with van der Waals surface area (Å²) in [6.45, 7) is 0. The molecule has 10 aromatic carbocycles. The van der Waals surface area contributed by atoms with Crippen molar-refractivity contribution in [1.82, 2.24) is 4.40 Å². The number of fused-ring (bicyclic) bond motifs is 9. The molecule has 3 aromatic heterocycles. The summed E-state index contributed by atoms with van der Waals surface area (Å²) in [5, 5.41) is 12.8. The molecule has 64 heavy (non-hydrogen) atoms. The standard InChI is InChI=1S/C60H40N2OSi/c1-4-15-46(16-5-1)64(47-17-6-2-7-18-47,48-19-8-3-9-20-48)49-35-29-42(30-36-49)41-27-31-43(32-28-41)61(45-33-37-52-51-22-11-13-26-58(51)63-59(52)40-45)44-34-38-57-55(39-44)54-24-14-23-53-50-21-10-12-25-56(50)62(57)60(53)54/h1-40H. The fourth-order valence-electron chi connectivity index (χ4n) is 10.6. The first-order valence-electron chi connectivity index (χ1n) is 22.0. The minimum absolute atomic E-state index is 0.870. The van der Waals surface area contributed by atoms with Gasteiger partial charge in [-0.2, -0.15) is 0 Å². The predicted octanol–water partition coefficient (Wildman–Crippen LogP) is 13.3. The monoisotopic (exact) mass is 832 g/mol. The van der Waals surface area contributed by atoms with Crippen molar-refractivity contribution in [3.63, 3.8) is 0 Å². The highest BCUT2D eigenvalue weighted by molar-refractivity contribution is 7.19. The molecule has 0 radical (unpaired) electrons. The van der Waals surface area contributed by atoms with E-state index in [2.05, 4.69) is 240 Å². The van der Waals surface area contributed by atoms with Gasteiger partial charge >= 0.3 is 0 Å². The Morgan fingerprint density at radius 1 is 0.312 bits per heavy atom. The van der Waals surface area contributed by atoms with Crippen LogP contribution in [0.3, 0.4) is 0 Å². The summed E-state index contributed by atoms with van der Waals surface area (Å²) >= 11 is 0. The Morgan fingerprint density at radius 2 is 0.781 bits per heavy atom. The van der Waals surface area contributed by atoms with Gasteiger partial charge in [-0.1, -0.05) is 182 Å². The molecule has 0 unspecified atom stereocenters. The van der Waals surface area contributed by atoms with Crippen molar-refractivity contribution in [1.29, 1.82) is 0 Å². The lowest BCUT2D eigenvalue weighted by molar-refractivity contribution is 0.669. The topological polar surface area (TPSA) is 20.8 Å². The van der Waals surface area contributed by atoms with Crippen LogP contribution in [0.1, 0.15) is 0 Å². The van der Waals surface area contributed by atoms with E-state index in [0.29, 0.717) is 0 Å². The van der Waals surface area contributed by atoms with E-state index in [9.17, 15) is 0 Å². The van der Waals surface area contributed by atoms with Crippen molar-refractivity contribution < 1.29 is 4.42 Å². The molecule has 0 aliphatic rings. The molecule has 0 bridgehead atoms. The summed E-state index contributed by atoms with van der Waals surface area (Å²) in [5.41, 5.74) is 11.0. The van der Waals surface area contributed by atoms with Crippen LogP contribution in [-0.4, -0.2) is 12.5 Å². The first kappa shape index (κ1) is 36.5. The molecule has 0 N–H and O–H groups in total. The Morgan fingerprint density at radius 3 is 1.45 bits per heavy atom. The molecule has 0 fully saturated rings. The van der Waals surface area contributed by atoms with Crippen molar-refractivity contribution in [3.8, 4) is 11.1 Å². The second-order valence-electron chi connectivity index (χ2n) is 16.8. The van der Waals surface area contributed by atoms with Crippen LogP contribution in [0.2, 0.25) is 0 Å². The Bertz CT molecular complexity index is 3720. The Kier molecular flexibility index (Phi) is 8.23. The van der Waals surface area contributed by atoms with E-state index in [1.165, 1.54) is 70.0 Å². The van der Waals surface area contributed by atoms with Gasteiger partial charge in [-0.15, -0.1) is 0 Å². The fraction of sp³-hybridized carbons (Fsp3) is 0. The number of hydrogen-bond donors (Lipinski definition) is 0. The van der Waals surface area contributed by atoms with Crippen LogP contribution >= 0.6 is 0 Å². The first-order valence-corrected chi connectivity index (χ1v) is 24.0. The molecule has 13 aromatic rings. The normalized spacial score (nSPS) is 12.1. The van der Waals surface area contributed by atoms with Gasteiger partial charge in [0.2, 0.25) is 0 Å². The Labute approximate surface area is 371 Å². The van der Waals surface area contributed by atoms with E-state index in [0.717, 1.165) is 39.0 Å². The van der Waals surface area contributed by atoms with E-state index in [-0.39, 0.29) is 0 Å². The molecule has 0 saturated carbocycles. The zero-order valence-electron chi connectivity index (χ0n) is 34.9. The van der Waals surface area contributed by atoms with Crippen molar-refractivity contribution in [2.24, 2.45) is 0 Å². The van der Waals surface area contributed by atoms with Gasteiger partial charge < -0.3 is 13.7 Å². The zero-order chi connectivity index (χ0) is 42.2. The van der Waals surface area contributed by atoms with Crippen LogP contribution in [-0.2, 0) is 0 Å². The largest absolute Gasteiger partial charge is 0.456 e. The number of aromatic nitrogens is 1. The molecule has 4 heteroatoms. The molecule has 0 aliphatic heterocycles. The van der Waals surface area contributed by atoms with Gasteiger partial charge in [-0.05, 0) is 86.5 Å². The van der Waals surface area contributed by atoms with Crippen LogP contribution in [0.5, 0.6) is 0 Å². The quantitative estimate of drug-likeness (QED) is 0.112. The number of furan rings is 1. The summed E-state index contributed by atoms with van der Waals surface area (Å²) in [7, 11) is -2.62. The molecule has 0 spiro atoms. The minimum atomic E-state index is -2.62. The summed E-state index contributed by atoms with van der Waals surface area (Å²) in [5.74, 6) is 0. The average Bonchev–Trinajstić information content (AvgIpc) is 4.03. The third-order valence-electron chi connectivity index (χ3n) is 13.5. The van der Waals surface area contributed by atoms with Gasteiger partial charge in [-0.25, -0.2) is 0 Å². The van der Waals surface area contributed by atoms with Gasteiger partial charge in [0.1, 0.15) is 11.2 Å². The van der Waals surface area contributed by atoms with Gasteiger partial charge in [0.25, 0.3) is 0 Å². The molecule has 0 atom stereocenters. The Balaban J connectivity index is 0.937. The second kappa shape index (κ2) is 14.5. The van der Waals surface area contributed by atoms with Gasteiger partial charge in [0.15, 0.2) is 8.07 Å². The van der Waals surface area contributed by atoms with Crippen molar-refractivity contribution >= 4 is 106 Å². The molecule has 0 aliphatic carbocycles. The van der Waals surface area contributed by atoms with E-state index < -0.39 is 8.07 Å². The van der Waals surface area contributed by atoms with Crippen molar-refractivity contribution in [2.75, 3.05) is 4.90 Å². The molecule has 3 nitrogen and oxygen atoms in total. The van der Waals surface area contributed by atoms with E-state index in [4.69, 9.17) is 4.42 Å². The summed E-state index contributed by atoms with van der Waals surface area (Å²) in [6.07, 6.45) is 0. The zero-order valence-corrected chi connectivity index (χ0v) is 35.9. The molecular formula is C60H40N2OSi. The maximum atomic E-state index is 6.47. The van der Waals surface area contributed by atoms with Gasteiger partial charge in [0.05, 0.1) is 16.6 Å². The maximum Gasteiger partial charge on any atom is 0.179 e. The summed E-state index contributed by atoms with van der Waals surface area (Å²) < 4.78 is 8.91. The predicted molar refractivity (Wildman–Crippen MR) is 272 cm³/mol. The number of nitrogens with zero attached hydrogens (tertiary/aromatic N) is 2. The molecule has 3 heterocycles. The minimum Gasteiger partial charge on any atom is -0.456 e. The molecule has 13 rings (SSSR count). The summed E-state index contributed by atoms with van der Waals surface area (Å²) in [4.78, 5) is 2.37. The molecule has 0 saturated heterocycles. The lowest BCUT2D eigenvalue weighted by Crippen LogP contribution is -2.74. The van der Waals surface area contributed by atoms with Crippen LogP contribution < -0.4 is 25.6 Å². The van der Waals surface area contributed by atoms with Gasteiger partial charge in [-0.3, -0.25) is 0 Å². The highest BCUT2D eigenvalue weighted by atomic mass is 28.3. The number of para-hydroxylation sites is 3. The van der Waals surface area contributed by atoms with Crippen molar-refractivity contribution in [3.05, 3.63) is 243 Å². The van der Waals surface area contributed by atoms with Crippen molar-refractivity contribution in [2.45, 2.75) is 0 Å². The third-order valence-corrected chi connectivity index (χ3v) is 18.3. The Hall–Kier alpha value is -8.18. The van der Waals surface area contributed by atoms with Crippen LogP contribution in [0.4, 0.5) is 17.1 Å². The lowest BCUT2D eigenvalue weighted by atomic mass is 10.0. The van der Waals surface area contributed by atoms with Crippen LogP contribution in [0.25, 0.3) is 71.2 Å². The number of hydrogen-bond acceptors (Lipinski definition) is 2. The highest BCUT2D eigenvalue weighted by Crippen LogP contribution is 2.44. The summed E-state index contributed by atoms with van der Waals surface area (Å²) in [6, 6.07) is 89.1. The lowest BCUT2D eigenvalue weighted by Gasteiger charge is -2.34. The number of anilines is 3. The van der Waals surface area contributed by atoms with E-state index >= 15 is 0 Å². The third kappa shape index (κ3) is 5.46. The fourth-order valence-corrected chi connectivity index (χ4v) is 15.4. The van der Waals surface area contributed by atoms with E-state index in [1.54, 1.807) is 0 Å². The van der Waals surface area contributed by atoms with Crippen LogP contribution in [0.15, 0.2) is 247 Å². The smallest absolute Gasteiger partial charge is 0.179 e. The first-order chi connectivity index (χ1) is 31.7. The SMILES string of the molecule is c1ccc([Si](c2ccccc2)(c2ccccc2)c2ccc(-c3ccc(N(c4ccc5c(c4)oc4ccccc45)c4ccc5c(c4)c4cccc6c7ccccc7n5c64)cc3)cc2)cc1. The number of benzene rings is 10. The van der Waals surface area contributed by atoms with Gasteiger partial charge in [0, 0.05) is 55.4 Å². The molecule has 300 valence electrons. The molecule has 0 amide bonds. The average molecular weight is 833 g/mol.